The van der Waals surface area contributed by atoms with Crippen LogP contribution in [0.25, 0.3) is 11.5 Å². The zero-order valence-corrected chi connectivity index (χ0v) is 19.7. The third-order valence-corrected chi connectivity index (χ3v) is 6.37. The molecule has 1 fully saturated rings. The van der Waals surface area contributed by atoms with Crippen molar-refractivity contribution in [2.45, 2.75) is 25.5 Å². The summed E-state index contributed by atoms with van der Waals surface area (Å²) in [5, 5.41) is 8.52. The van der Waals surface area contributed by atoms with Crippen molar-refractivity contribution >= 4 is 5.69 Å². The van der Waals surface area contributed by atoms with Crippen LogP contribution in [0.15, 0.2) is 83.3 Å². The molecule has 0 aliphatic carbocycles. The van der Waals surface area contributed by atoms with Gasteiger partial charge in [0.15, 0.2) is 0 Å². The zero-order chi connectivity index (χ0) is 23.3. The number of ether oxygens (including phenoxy) is 1. The second-order valence-corrected chi connectivity index (χ2v) is 8.99. The molecule has 1 aliphatic rings. The summed E-state index contributed by atoms with van der Waals surface area (Å²) in [5.41, 5.74) is 4.43. The van der Waals surface area contributed by atoms with Crippen LogP contribution in [-0.2, 0) is 13.0 Å². The first-order valence-corrected chi connectivity index (χ1v) is 11.7. The van der Waals surface area contributed by atoms with Gasteiger partial charge in [-0.05, 0) is 68.0 Å². The summed E-state index contributed by atoms with van der Waals surface area (Å²) in [6.07, 6.45) is 1.78. The average Bonchev–Trinajstić information content (AvgIpc) is 3.55. The van der Waals surface area contributed by atoms with Crippen LogP contribution < -0.4 is 9.64 Å². The third-order valence-electron chi connectivity index (χ3n) is 6.37. The van der Waals surface area contributed by atoms with E-state index in [1.54, 1.807) is 0 Å². The van der Waals surface area contributed by atoms with Crippen LogP contribution in [0.4, 0.5) is 5.69 Å². The smallest absolute Gasteiger partial charge is 0.247 e. The Morgan fingerprint density at radius 3 is 2.38 bits per heavy atom. The van der Waals surface area contributed by atoms with Crippen molar-refractivity contribution in [2.24, 2.45) is 0 Å². The lowest BCUT2D eigenvalue weighted by molar-refractivity contribution is 0.306. The van der Waals surface area contributed by atoms with Gasteiger partial charge in [-0.3, -0.25) is 0 Å². The van der Waals surface area contributed by atoms with Gasteiger partial charge in [0.2, 0.25) is 11.8 Å². The Morgan fingerprint density at radius 1 is 0.912 bits per heavy atom. The summed E-state index contributed by atoms with van der Waals surface area (Å²) >= 11 is 0. The molecule has 34 heavy (non-hydrogen) atoms. The Bertz CT molecular complexity index is 1190. The van der Waals surface area contributed by atoms with Gasteiger partial charge in [0, 0.05) is 30.4 Å². The summed E-state index contributed by atoms with van der Waals surface area (Å²) < 4.78 is 11.8. The second-order valence-electron chi connectivity index (χ2n) is 8.99. The SMILES string of the molecule is CN(C)C1CCN(c2ccc(-c3nnc(Cc4ccc(OCc5ccccc5)cc4)o3)cc2)C1. The van der Waals surface area contributed by atoms with Crippen LogP contribution in [-0.4, -0.2) is 48.3 Å². The maximum absolute atomic E-state index is 5.95. The topological polar surface area (TPSA) is 54.6 Å². The first kappa shape index (κ1) is 22.2. The molecule has 0 saturated carbocycles. The van der Waals surface area contributed by atoms with Crippen molar-refractivity contribution in [2.75, 3.05) is 32.1 Å². The average molecular weight is 455 g/mol. The Kier molecular flexibility index (Phi) is 6.58. The minimum atomic E-state index is 0.553. The molecule has 6 heteroatoms. The van der Waals surface area contributed by atoms with Crippen LogP contribution in [0, 0.1) is 0 Å². The molecule has 6 nitrogen and oxygen atoms in total. The first-order valence-electron chi connectivity index (χ1n) is 11.7. The molecule has 3 aromatic carbocycles. The molecule has 1 atom stereocenters. The van der Waals surface area contributed by atoms with E-state index in [-0.39, 0.29) is 0 Å². The molecule has 4 aromatic rings. The van der Waals surface area contributed by atoms with E-state index >= 15 is 0 Å². The molecule has 1 aliphatic heterocycles. The van der Waals surface area contributed by atoms with Gasteiger partial charge in [-0.15, -0.1) is 10.2 Å². The van der Waals surface area contributed by atoms with Gasteiger partial charge in [-0.2, -0.15) is 0 Å². The first-order chi connectivity index (χ1) is 16.6. The van der Waals surface area contributed by atoms with Crippen molar-refractivity contribution in [3.8, 4) is 17.2 Å². The molecule has 1 saturated heterocycles. The van der Waals surface area contributed by atoms with Crippen LogP contribution in [0.5, 0.6) is 5.75 Å². The minimum Gasteiger partial charge on any atom is -0.489 e. The van der Waals surface area contributed by atoms with Gasteiger partial charge >= 0.3 is 0 Å². The fraction of sp³-hybridized carbons (Fsp3) is 0.286. The van der Waals surface area contributed by atoms with E-state index in [1.807, 2.05) is 42.5 Å². The number of hydrogen-bond donors (Lipinski definition) is 0. The summed E-state index contributed by atoms with van der Waals surface area (Å²) in [5.74, 6) is 2.00. The standard InChI is InChI=1S/C28H30N4O2/c1-31(2)25-16-17-32(19-25)24-12-10-23(11-13-24)28-30-29-27(34-28)18-21-8-14-26(15-9-21)33-20-22-6-4-3-5-7-22/h3-15,25H,16-20H2,1-2H3. The predicted molar refractivity (Wildman–Crippen MR) is 134 cm³/mol. The maximum atomic E-state index is 5.95. The highest BCUT2D eigenvalue weighted by atomic mass is 16.5. The van der Waals surface area contributed by atoms with Crippen molar-refractivity contribution < 1.29 is 9.15 Å². The van der Waals surface area contributed by atoms with E-state index in [0.29, 0.717) is 30.9 Å². The van der Waals surface area contributed by atoms with Gasteiger partial charge in [-0.1, -0.05) is 42.5 Å². The van der Waals surface area contributed by atoms with Crippen LogP contribution in [0.1, 0.15) is 23.4 Å². The van der Waals surface area contributed by atoms with Crippen molar-refractivity contribution in [3.05, 3.63) is 95.9 Å². The van der Waals surface area contributed by atoms with Crippen LogP contribution >= 0.6 is 0 Å². The minimum absolute atomic E-state index is 0.553. The molecule has 0 N–H and O–H groups in total. The molecule has 0 amide bonds. The quantitative estimate of drug-likeness (QED) is 0.372. The molecule has 5 rings (SSSR count). The Labute approximate surface area is 200 Å². The summed E-state index contributed by atoms with van der Waals surface area (Å²) in [6, 6.07) is 27.2. The van der Waals surface area contributed by atoms with Crippen LogP contribution in [0.2, 0.25) is 0 Å². The highest BCUT2D eigenvalue weighted by molar-refractivity contribution is 5.59. The van der Waals surface area contributed by atoms with E-state index in [9.17, 15) is 0 Å². The Morgan fingerprint density at radius 2 is 1.68 bits per heavy atom. The normalized spacial score (nSPS) is 15.7. The Balaban J connectivity index is 1.17. The summed E-state index contributed by atoms with van der Waals surface area (Å²) in [7, 11) is 4.30. The molecule has 1 unspecified atom stereocenters. The van der Waals surface area contributed by atoms with Crippen molar-refractivity contribution in [1.82, 2.24) is 15.1 Å². The second kappa shape index (κ2) is 10.1. The highest BCUT2D eigenvalue weighted by Gasteiger charge is 2.24. The monoisotopic (exact) mass is 454 g/mol. The lowest BCUT2D eigenvalue weighted by Gasteiger charge is -2.21. The number of nitrogens with zero attached hydrogens (tertiary/aromatic N) is 4. The van der Waals surface area contributed by atoms with E-state index in [4.69, 9.17) is 9.15 Å². The molecular formula is C28H30N4O2. The van der Waals surface area contributed by atoms with Crippen molar-refractivity contribution in [1.29, 1.82) is 0 Å². The number of aromatic nitrogens is 2. The molecule has 0 bridgehead atoms. The molecule has 1 aromatic heterocycles. The van der Waals surface area contributed by atoms with Gasteiger partial charge in [0.25, 0.3) is 0 Å². The van der Waals surface area contributed by atoms with Crippen LogP contribution in [0.3, 0.4) is 0 Å². The summed E-state index contributed by atoms with van der Waals surface area (Å²) in [6.45, 7) is 2.70. The number of benzene rings is 3. The lowest BCUT2D eigenvalue weighted by atomic mass is 10.1. The predicted octanol–water partition coefficient (Wildman–Crippen LogP) is 5.05. The van der Waals surface area contributed by atoms with Gasteiger partial charge in [0.1, 0.15) is 12.4 Å². The van der Waals surface area contributed by atoms with Gasteiger partial charge < -0.3 is 19.0 Å². The van der Waals surface area contributed by atoms with E-state index < -0.39 is 0 Å². The lowest BCUT2D eigenvalue weighted by Crippen LogP contribution is -2.31. The molecule has 0 radical (unpaired) electrons. The molecule has 0 spiro atoms. The molecule has 2 heterocycles. The van der Waals surface area contributed by atoms with E-state index in [2.05, 4.69) is 70.5 Å². The summed E-state index contributed by atoms with van der Waals surface area (Å²) in [4.78, 5) is 4.74. The zero-order valence-electron chi connectivity index (χ0n) is 19.7. The van der Waals surface area contributed by atoms with E-state index in [0.717, 1.165) is 35.5 Å². The third kappa shape index (κ3) is 5.29. The van der Waals surface area contributed by atoms with Crippen molar-refractivity contribution in [3.63, 3.8) is 0 Å². The fourth-order valence-electron chi connectivity index (χ4n) is 4.27. The number of anilines is 1. The molecule has 174 valence electrons. The number of rotatable bonds is 8. The fourth-order valence-corrected chi connectivity index (χ4v) is 4.27. The molecular weight excluding hydrogens is 424 g/mol. The largest absolute Gasteiger partial charge is 0.489 e. The Hall–Kier alpha value is -3.64. The highest BCUT2D eigenvalue weighted by Crippen LogP contribution is 2.26. The van der Waals surface area contributed by atoms with Gasteiger partial charge in [-0.25, -0.2) is 0 Å². The van der Waals surface area contributed by atoms with Gasteiger partial charge in [0.05, 0.1) is 6.42 Å². The maximum Gasteiger partial charge on any atom is 0.247 e. The van der Waals surface area contributed by atoms with E-state index in [1.165, 1.54) is 12.1 Å². The number of likely N-dealkylation sites (N-methyl/N-ethyl adjacent to an activating group) is 1. The number of hydrogen-bond acceptors (Lipinski definition) is 6.